The predicted octanol–water partition coefficient (Wildman–Crippen LogP) is 3.84. The van der Waals surface area contributed by atoms with Crippen molar-refractivity contribution in [1.82, 2.24) is 24.1 Å². The number of nitrogens with one attached hydrogen (secondary N) is 1. The minimum atomic E-state index is -3.47. The number of piperidine rings is 1. The molecule has 8 heteroatoms. The Morgan fingerprint density at radius 2 is 1.90 bits per heavy atom. The summed E-state index contributed by atoms with van der Waals surface area (Å²) in [6.45, 7) is 3.85. The molecule has 0 bridgehead atoms. The first-order chi connectivity index (χ1) is 15.0. The van der Waals surface area contributed by atoms with Crippen molar-refractivity contribution < 1.29 is 8.42 Å². The quantitative estimate of drug-likeness (QED) is 0.516. The molecule has 1 saturated heterocycles. The molecule has 0 amide bonds. The fraction of sp³-hybridized carbons (Fsp3) is 0.304. The molecule has 1 N–H and O–H groups in total. The Hall–Kier alpha value is -2.97. The first-order valence-corrected chi connectivity index (χ1v) is 11.9. The van der Waals surface area contributed by atoms with Gasteiger partial charge in [0.1, 0.15) is 4.90 Å². The van der Waals surface area contributed by atoms with E-state index in [1.165, 1.54) is 17.1 Å². The second kappa shape index (κ2) is 7.94. The zero-order valence-corrected chi connectivity index (χ0v) is 18.2. The number of rotatable bonds is 5. The van der Waals surface area contributed by atoms with Crippen LogP contribution >= 0.6 is 0 Å². The molecule has 1 aliphatic heterocycles. The van der Waals surface area contributed by atoms with Crippen LogP contribution in [0.4, 0.5) is 0 Å². The molecule has 0 spiro atoms. The van der Waals surface area contributed by atoms with Crippen LogP contribution in [0.2, 0.25) is 0 Å². The summed E-state index contributed by atoms with van der Waals surface area (Å²) >= 11 is 0. The Morgan fingerprint density at radius 1 is 1.06 bits per heavy atom. The third-order valence-electron chi connectivity index (χ3n) is 6.12. The van der Waals surface area contributed by atoms with Crippen LogP contribution in [0.5, 0.6) is 0 Å². The van der Waals surface area contributed by atoms with Gasteiger partial charge in [0.2, 0.25) is 10.0 Å². The van der Waals surface area contributed by atoms with Crippen LogP contribution in [0.25, 0.3) is 22.0 Å². The van der Waals surface area contributed by atoms with Crippen LogP contribution in [0, 0.1) is 12.8 Å². The van der Waals surface area contributed by atoms with Crippen LogP contribution < -0.4 is 0 Å². The van der Waals surface area contributed by atoms with Gasteiger partial charge in [-0.25, -0.2) is 8.42 Å². The molecular formula is C23H25N5O2S. The lowest BCUT2D eigenvalue weighted by molar-refractivity contribution is 0.254. The highest BCUT2D eigenvalue weighted by Crippen LogP contribution is 2.28. The minimum absolute atomic E-state index is 0.288. The number of hydrogen-bond donors (Lipinski definition) is 1. The molecule has 1 aromatic carbocycles. The summed E-state index contributed by atoms with van der Waals surface area (Å²) in [5.41, 5.74) is 4.27. The number of pyridine rings is 1. The van der Waals surface area contributed by atoms with Crippen molar-refractivity contribution in [3.05, 3.63) is 66.9 Å². The first-order valence-electron chi connectivity index (χ1n) is 10.5. The van der Waals surface area contributed by atoms with Gasteiger partial charge in [-0.2, -0.15) is 9.40 Å². The van der Waals surface area contributed by atoms with Gasteiger partial charge in [0, 0.05) is 60.9 Å². The van der Waals surface area contributed by atoms with Crippen LogP contribution in [-0.4, -0.2) is 45.6 Å². The third-order valence-corrected chi connectivity index (χ3v) is 7.98. The second-order valence-electron chi connectivity index (χ2n) is 8.27. The number of H-pyrrole nitrogens is 1. The van der Waals surface area contributed by atoms with E-state index in [1.54, 1.807) is 16.6 Å². The number of aryl methyl sites for hydroxylation is 1. The Labute approximate surface area is 181 Å². The monoisotopic (exact) mass is 435 g/mol. The van der Waals surface area contributed by atoms with Gasteiger partial charge >= 0.3 is 0 Å². The van der Waals surface area contributed by atoms with Crippen molar-refractivity contribution in [2.24, 2.45) is 5.92 Å². The molecule has 0 atom stereocenters. The van der Waals surface area contributed by atoms with Gasteiger partial charge in [-0.3, -0.25) is 10.1 Å². The molecule has 7 nitrogen and oxygen atoms in total. The number of nitrogens with zero attached hydrogens (tertiary/aromatic N) is 4. The molecule has 160 valence electrons. The Bertz CT molecular complexity index is 1300. The SMILES string of the molecule is Cc1cncc(S(=O)(=O)N2CCC(Cn3ccc4cc(-c5cn[nH]c5)ccc43)CC2)c1. The molecule has 5 rings (SSSR count). The summed E-state index contributed by atoms with van der Waals surface area (Å²) in [7, 11) is -3.47. The molecule has 3 aromatic heterocycles. The van der Waals surface area contributed by atoms with Gasteiger partial charge in [-0.15, -0.1) is 0 Å². The number of hydrogen-bond acceptors (Lipinski definition) is 4. The molecule has 0 radical (unpaired) electrons. The third kappa shape index (κ3) is 3.88. The highest BCUT2D eigenvalue weighted by molar-refractivity contribution is 7.89. The lowest BCUT2D eigenvalue weighted by atomic mass is 9.98. The van der Waals surface area contributed by atoms with Gasteiger partial charge in [0.25, 0.3) is 0 Å². The van der Waals surface area contributed by atoms with Gasteiger partial charge in [0.15, 0.2) is 0 Å². The van der Waals surface area contributed by atoms with Gasteiger partial charge in [0.05, 0.1) is 6.20 Å². The van der Waals surface area contributed by atoms with Crippen LogP contribution in [0.1, 0.15) is 18.4 Å². The highest BCUT2D eigenvalue weighted by atomic mass is 32.2. The van der Waals surface area contributed by atoms with Crippen molar-refractivity contribution in [2.45, 2.75) is 31.2 Å². The molecular weight excluding hydrogens is 410 g/mol. The van der Waals surface area contributed by atoms with Crippen molar-refractivity contribution in [3.8, 4) is 11.1 Å². The number of sulfonamides is 1. The van der Waals surface area contributed by atoms with Crippen molar-refractivity contribution in [3.63, 3.8) is 0 Å². The molecule has 4 aromatic rings. The number of benzene rings is 1. The van der Waals surface area contributed by atoms with E-state index in [9.17, 15) is 8.42 Å². The van der Waals surface area contributed by atoms with Crippen LogP contribution in [0.3, 0.4) is 0 Å². The van der Waals surface area contributed by atoms with Gasteiger partial charge in [-0.05, 0) is 61.1 Å². The summed E-state index contributed by atoms with van der Waals surface area (Å²) < 4.78 is 29.8. The number of aromatic nitrogens is 4. The highest BCUT2D eigenvalue weighted by Gasteiger charge is 2.30. The van der Waals surface area contributed by atoms with Crippen LogP contribution in [0.15, 0.2) is 66.2 Å². The lowest BCUT2D eigenvalue weighted by Crippen LogP contribution is -2.39. The topological polar surface area (TPSA) is 83.9 Å². The average Bonchev–Trinajstić information content (AvgIpc) is 3.44. The minimum Gasteiger partial charge on any atom is -0.347 e. The van der Waals surface area contributed by atoms with Gasteiger partial charge < -0.3 is 4.57 Å². The zero-order chi connectivity index (χ0) is 21.4. The smallest absolute Gasteiger partial charge is 0.244 e. The molecule has 1 fully saturated rings. The average molecular weight is 436 g/mol. The molecule has 4 heterocycles. The molecule has 0 saturated carbocycles. The molecule has 1 aliphatic rings. The molecule has 0 unspecified atom stereocenters. The van der Waals surface area contributed by atoms with Gasteiger partial charge in [-0.1, -0.05) is 6.07 Å². The Morgan fingerprint density at radius 3 is 2.65 bits per heavy atom. The van der Waals surface area contributed by atoms with E-state index in [4.69, 9.17) is 0 Å². The first kappa shape index (κ1) is 20.0. The summed E-state index contributed by atoms with van der Waals surface area (Å²) in [6.07, 6.45) is 10.7. The predicted molar refractivity (Wildman–Crippen MR) is 120 cm³/mol. The van der Waals surface area contributed by atoms with E-state index in [2.05, 4.69) is 50.2 Å². The molecule has 0 aliphatic carbocycles. The van der Waals surface area contributed by atoms with Crippen molar-refractivity contribution >= 4 is 20.9 Å². The van der Waals surface area contributed by atoms with E-state index >= 15 is 0 Å². The zero-order valence-electron chi connectivity index (χ0n) is 17.4. The van der Waals surface area contributed by atoms with E-state index in [-0.39, 0.29) is 4.90 Å². The summed E-state index contributed by atoms with van der Waals surface area (Å²) in [5, 5.41) is 8.08. The summed E-state index contributed by atoms with van der Waals surface area (Å²) in [5.74, 6) is 0.450. The van der Waals surface area contributed by atoms with Crippen LogP contribution in [-0.2, 0) is 16.6 Å². The summed E-state index contributed by atoms with van der Waals surface area (Å²) in [6, 6.07) is 10.3. The number of aromatic amines is 1. The summed E-state index contributed by atoms with van der Waals surface area (Å²) in [4.78, 5) is 4.33. The maximum absolute atomic E-state index is 12.9. The fourth-order valence-corrected chi connectivity index (χ4v) is 5.89. The standard InChI is InChI=1S/C23H25N5O2S/c1-17-10-22(15-24-12-17)31(29,30)28-8-4-18(5-9-28)16-27-7-6-20-11-19(2-3-23(20)27)21-13-25-26-14-21/h2-3,6-7,10-15,18H,4-5,8-9,16H2,1H3,(H,25,26). The van der Waals surface area contributed by atoms with E-state index < -0.39 is 10.0 Å². The number of fused-ring (bicyclic) bond motifs is 1. The van der Waals surface area contributed by atoms with E-state index in [0.29, 0.717) is 19.0 Å². The molecule has 31 heavy (non-hydrogen) atoms. The Kier molecular flexibility index (Phi) is 5.11. The normalized spacial score (nSPS) is 16.2. The van der Waals surface area contributed by atoms with E-state index in [0.717, 1.165) is 36.1 Å². The maximum atomic E-state index is 12.9. The maximum Gasteiger partial charge on any atom is 0.244 e. The van der Waals surface area contributed by atoms with Crippen molar-refractivity contribution in [2.75, 3.05) is 13.1 Å². The largest absolute Gasteiger partial charge is 0.347 e. The fourth-order valence-electron chi connectivity index (χ4n) is 4.38. The van der Waals surface area contributed by atoms with E-state index in [1.807, 2.05) is 19.3 Å². The lowest BCUT2D eigenvalue weighted by Gasteiger charge is -2.31. The van der Waals surface area contributed by atoms with Crippen molar-refractivity contribution in [1.29, 1.82) is 0 Å². The Balaban J connectivity index is 1.27. The second-order valence-corrected chi connectivity index (χ2v) is 10.2.